The standard InChI is InChI=1S/C21H15FN10O/c1-13(11-31-12-26-29-30-31)33-21-10-24-8-18(27-21)17-4-5-20-25-9-19(32(20)28-17)16-6-15(22)3-2-14(16)7-23/h2-6,8-10,12-13H,11H2,1H3/t13-/m0/s1. The molecule has 4 heterocycles. The van der Waals surface area contributed by atoms with Crippen LogP contribution in [0, 0.1) is 17.1 Å². The molecule has 4 aromatic heterocycles. The van der Waals surface area contributed by atoms with Gasteiger partial charge in [0.2, 0.25) is 5.88 Å². The van der Waals surface area contributed by atoms with Crippen LogP contribution in [0.15, 0.2) is 55.2 Å². The molecule has 0 unspecified atom stereocenters. The van der Waals surface area contributed by atoms with Crippen LogP contribution < -0.4 is 4.74 Å². The molecule has 0 bridgehead atoms. The largest absolute Gasteiger partial charge is 0.472 e. The van der Waals surface area contributed by atoms with Gasteiger partial charge in [0.05, 0.1) is 42.5 Å². The van der Waals surface area contributed by atoms with E-state index in [1.54, 1.807) is 33.7 Å². The number of halogens is 1. The Labute approximate surface area is 186 Å². The predicted octanol–water partition coefficient (Wildman–Crippen LogP) is 2.32. The summed E-state index contributed by atoms with van der Waals surface area (Å²) in [6.07, 6.45) is 5.86. The Hall–Kier alpha value is -4.79. The molecule has 5 aromatic rings. The monoisotopic (exact) mass is 442 g/mol. The van der Waals surface area contributed by atoms with Crippen molar-refractivity contribution < 1.29 is 9.13 Å². The highest BCUT2D eigenvalue weighted by molar-refractivity contribution is 5.70. The molecular formula is C21H15FN10O. The van der Waals surface area contributed by atoms with Gasteiger partial charge in [-0.15, -0.1) is 5.10 Å². The van der Waals surface area contributed by atoms with E-state index in [9.17, 15) is 9.65 Å². The first kappa shape index (κ1) is 20.1. The smallest absolute Gasteiger partial charge is 0.233 e. The topological polar surface area (TPSA) is 133 Å². The minimum absolute atomic E-state index is 0.258. The Morgan fingerprint density at radius 1 is 1.15 bits per heavy atom. The van der Waals surface area contributed by atoms with Crippen molar-refractivity contribution in [1.82, 2.24) is 44.8 Å². The van der Waals surface area contributed by atoms with Gasteiger partial charge < -0.3 is 4.74 Å². The van der Waals surface area contributed by atoms with Crippen molar-refractivity contribution in [3.63, 3.8) is 0 Å². The van der Waals surface area contributed by atoms with E-state index in [0.29, 0.717) is 46.3 Å². The van der Waals surface area contributed by atoms with Gasteiger partial charge in [-0.25, -0.2) is 23.6 Å². The van der Waals surface area contributed by atoms with Crippen LogP contribution in [0.25, 0.3) is 28.3 Å². The quantitative estimate of drug-likeness (QED) is 0.388. The Morgan fingerprint density at radius 2 is 2.06 bits per heavy atom. The van der Waals surface area contributed by atoms with Crippen LogP contribution in [-0.4, -0.2) is 50.9 Å². The molecule has 0 aliphatic carbocycles. The number of fused-ring (bicyclic) bond motifs is 1. The molecule has 11 nitrogen and oxygen atoms in total. The van der Waals surface area contributed by atoms with Crippen molar-refractivity contribution in [3.8, 4) is 34.6 Å². The van der Waals surface area contributed by atoms with E-state index in [1.165, 1.54) is 30.7 Å². The maximum Gasteiger partial charge on any atom is 0.233 e. The van der Waals surface area contributed by atoms with E-state index in [-0.39, 0.29) is 6.10 Å². The number of nitrogens with zero attached hydrogens (tertiary/aromatic N) is 10. The van der Waals surface area contributed by atoms with Crippen LogP contribution in [0.2, 0.25) is 0 Å². The molecule has 1 aromatic carbocycles. The molecule has 12 heteroatoms. The van der Waals surface area contributed by atoms with Gasteiger partial charge >= 0.3 is 0 Å². The van der Waals surface area contributed by atoms with Crippen LogP contribution in [-0.2, 0) is 6.54 Å². The van der Waals surface area contributed by atoms with E-state index < -0.39 is 5.82 Å². The lowest BCUT2D eigenvalue weighted by atomic mass is 10.1. The molecule has 0 spiro atoms. The van der Waals surface area contributed by atoms with E-state index in [1.807, 2.05) is 6.92 Å². The van der Waals surface area contributed by atoms with Crippen molar-refractivity contribution >= 4 is 5.65 Å². The number of imidazole rings is 1. The van der Waals surface area contributed by atoms with Crippen LogP contribution in [0.3, 0.4) is 0 Å². The van der Waals surface area contributed by atoms with Gasteiger partial charge in [-0.2, -0.15) is 10.4 Å². The van der Waals surface area contributed by atoms with E-state index in [4.69, 9.17) is 4.74 Å². The molecule has 0 saturated heterocycles. The summed E-state index contributed by atoms with van der Waals surface area (Å²) in [6.45, 7) is 2.31. The fourth-order valence-electron chi connectivity index (χ4n) is 3.32. The average molecular weight is 442 g/mol. The Kier molecular flexibility index (Phi) is 5.12. The zero-order valence-electron chi connectivity index (χ0n) is 17.2. The molecule has 0 N–H and O–H groups in total. The first-order chi connectivity index (χ1) is 16.1. The van der Waals surface area contributed by atoms with Crippen molar-refractivity contribution in [3.05, 3.63) is 66.6 Å². The molecule has 1 atom stereocenters. The number of benzene rings is 1. The van der Waals surface area contributed by atoms with Crippen molar-refractivity contribution in [2.45, 2.75) is 19.6 Å². The molecule has 0 saturated carbocycles. The summed E-state index contributed by atoms with van der Waals surface area (Å²) in [5.74, 6) is -0.140. The van der Waals surface area contributed by atoms with E-state index in [0.717, 1.165) is 0 Å². The molecule has 0 amide bonds. The van der Waals surface area contributed by atoms with Gasteiger partial charge in [0, 0.05) is 5.56 Å². The normalized spacial score (nSPS) is 11.9. The van der Waals surface area contributed by atoms with Crippen LogP contribution in [0.4, 0.5) is 4.39 Å². The summed E-state index contributed by atoms with van der Waals surface area (Å²) in [6, 6.07) is 9.54. The summed E-state index contributed by atoms with van der Waals surface area (Å²) in [4.78, 5) is 13.0. The van der Waals surface area contributed by atoms with Crippen molar-refractivity contribution in [2.24, 2.45) is 0 Å². The molecule has 33 heavy (non-hydrogen) atoms. The van der Waals surface area contributed by atoms with E-state index in [2.05, 4.69) is 41.6 Å². The summed E-state index contributed by atoms with van der Waals surface area (Å²) < 4.78 is 22.8. The Bertz CT molecular complexity index is 1470. The lowest BCUT2D eigenvalue weighted by Crippen LogP contribution is -2.20. The third-order valence-electron chi connectivity index (χ3n) is 4.77. The van der Waals surface area contributed by atoms with Crippen molar-refractivity contribution in [1.29, 1.82) is 5.26 Å². The first-order valence-electron chi connectivity index (χ1n) is 9.85. The van der Waals surface area contributed by atoms with Crippen LogP contribution in [0.5, 0.6) is 5.88 Å². The fourth-order valence-corrected chi connectivity index (χ4v) is 3.32. The zero-order chi connectivity index (χ0) is 22.8. The minimum atomic E-state index is -0.457. The summed E-state index contributed by atoms with van der Waals surface area (Å²) in [7, 11) is 0. The van der Waals surface area contributed by atoms with Gasteiger partial charge in [0.1, 0.15) is 29.6 Å². The third kappa shape index (κ3) is 4.07. The molecular weight excluding hydrogens is 427 g/mol. The number of hydrogen-bond acceptors (Lipinski definition) is 9. The zero-order valence-corrected chi connectivity index (χ0v) is 17.2. The van der Waals surface area contributed by atoms with Crippen LogP contribution >= 0.6 is 0 Å². The van der Waals surface area contributed by atoms with Gasteiger partial charge in [-0.05, 0) is 47.7 Å². The minimum Gasteiger partial charge on any atom is -0.472 e. The highest BCUT2D eigenvalue weighted by Crippen LogP contribution is 2.26. The predicted molar refractivity (Wildman–Crippen MR) is 112 cm³/mol. The van der Waals surface area contributed by atoms with Gasteiger partial charge in [0.15, 0.2) is 5.65 Å². The van der Waals surface area contributed by atoms with E-state index >= 15 is 0 Å². The molecule has 162 valence electrons. The van der Waals surface area contributed by atoms with Gasteiger partial charge in [-0.3, -0.25) is 4.98 Å². The molecule has 0 radical (unpaired) electrons. The first-order valence-corrected chi connectivity index (χ1v) is 9.85. The third-order valence-corrected chi connectivity index (χ3v) is 4.77. The molecule has 0 aliphatic rings. The second-order valence-corrected chi connectivity index (χ2v) is 7.14. The fraction of sp³-hybridized carbons (Fsp3) is 0.143. The Balaban J connectivity index is 1.48. The maximum absolute atomic E-state index is 13.9. The van der Waals surface area contributed by atoms with Gasteiger partial charge in [-0.1, -0.05) is 0 Å². The number of nitriles is 1. The molecule has 0 fully saturated rings. The Morgan fingerprint density at radius 3 is 2.88 bits per heavy atom. The molecule has 5 rings (SSSR count). The molecule has 0 aliphatic heterocycles. The summed E-state index contributed by atoms with van der Waals surface area (Å²) in [5, 5.41) is 25.0. The number of rotatable bonds is 6. The SMILES string of the molecule is C[C@@H](Cn1cnnn1)Oc1cncc(-c2ccc3ncc(-c4cc(F)ccc4C#N)n3n2)n1. The second kappa shape index (κ2) is 8.39. The lowest BCUT2D eigenvalue weighted by Gasteiger charge is -2.13. The highest BCUT2D eigenvalue weighted by atomic mass is 19.1. The number of ether oxygens (including phenoxy) is 1. The van der Waals surface area contributed by atoms with Crippen LogP contribution in [0.1, 0.15) is 12.5 Å². The van der Waals surface area contributed by atoms with Crippen molar-refractivity contribution in [2.75, 3.05) is 0 Å². The highest BCUT2D eigenvalue weighted by Gasteiger charge is 2.15. The average Bonchev–Trinajstić information content (AvgIpc) is 3.48. The second-order valence-electron chi connectivity index (χ2n) is 7.14. The van der Waals surface area contributed by atoms with Gasteiger partial charge in [0.25, 0.3) is 0 Å². The summed E-state index contributed by atoms with van der Waals surface area (Å²) >= 11 is 0. The maximum atomic E-state index is 13.9. The number of tetrazole rings is 1. The lowest BCUT2D eigenvalue weighted by molar-refractivity contribution is 0.185. The summed E-state index contributed by atoms with van der Waals surface area (Å²) in [5.41, 5.74) is 2.72. The number of aromatic nitrogens is 9. The number of hydrogen-bond donors (Lipinski definition) is 0.